The predicted molar refractivity (Wildman–Crippen MR) is 60.8 cm³/mol. The molecule has 0 saturated carbocycles. The second kappa shape index (κ2) is 5.34. The predicted octanol–water partition coefficient (Wildman–Crippen LogP) is 2.83. The van der Waals surface area contributed by atoms with Gasteiger partial charge in [-0.15, -0.1) is 0 Å². The number of carbonyl (C=O) groups excluding carboxylic acids is 1. The second-order valence-corrected chi connectivity index (χ2v) is 3.62. The summed E-state index contributed by atoms with van der Waals surface area (Å²) >= 11 is 5.94. The molecule has 4 heteroatoms. The molecule has 0 spiro atoms. The summed E-state index contributed by atoms with van der Waals surface area (Å²) < 4.78 is 4.94. The Morgan fingerprint density at radius 3 is 2.88 bits per heavy atom. The number of rotatable bonds is 3. The van der Waals surface area contributed by atoms with Crippen LogP contribution in [-0.2, 0) is 16.1 Å². The first-order valence-corrected chi connectivity index (χ1v) is 4.94. The summed E-state index contributed by atoms with van der Waals surface area (Å²) in [5.41, 5.74) is 1.30. The number of hydrogen-bond acceptors (Lipinski definition) is 3. The SMILES string of the molecule is C=C(C)C(=O)OCc1cccc(C#N)c1Cl. The van der Waals surface area contributed by atoms with Crippen LogP contribution >= 0.6 is 11.6 Å². The number of benzene rings is 1. The van der Waals surface area contributed by atoms with Gasteiger partial charge >= 0.3 is 5.97 Å². The van der Waals surface area contributed by atoms with Crippen molar-refractivity contribution < 1.29 is 9.53 Å². The maximum absolute atomic E-state index is 11.2. The van der Waals surface area contributed by atoms with Crippen LogP contribution < -0.4 is 0 Å². The van der Waals surface area contributed by atoms with Crippen LogP contribution in [0, 0.1) is 11.3 Å². The molecule has 3 nitrogen and oxygen atoms in total. The lowest BCUT2D eigenvalue weighted by Gasteiger charge is -2.06. The van der Waals surface area contributed by atoms with Crippen molar-refractivity contribution in [3.63, 3.8) is 0 Å². The second-order valence-electron chi connectivity index (χ2n) is 3.25. The molecule has 0 unspecified atom stereocenters. The first-order valence-electron chi connectivity index (χ1n) is 4.56. The van der Waals surface area contributed by atoms with E-state index in [4.69, 9.17) is 21.6 Å². The molecule has 1 rings (SSSR count). The van der Waals surface area contributed by atoms with Gasteiger partial charge < -0.3 is 4.74 Å². The molecule has 1 aromatic carbocycles. The van der Waals surface area contributed by atoms with Gasteiger partial charge in [0.1, 0.15) is 12.7 Å². The molecule has 0 bridgehead atoms. The Labute approximate surface area is 98.9 Å². The minimum absolute atomic E-state index is 0.0417. The Hall–Kier alpha value is -1.79. The molecule has 0 fully saturated rings. The molecule has 1 aromatic rings. The normalized spacial score (nSPS) is 9.31. The summed E-state index contributed by atoms with van der Waals surface area (Å²) in [7, 11) is 0. The molecule has 0 radical (unpaired) electrons. The average molecular weight is 236 g/mol. The van der Waals surface area contributed by atoms with Crippen molar-refractivity contribution in [2.45, 2.75) is 13.5 Å². The number of halogens is 1. The van der Waals surface area contributed by atoms with Crippen molar-refractivity contribution in [1.29, 1.82) is 5.26 Å². The molecule has 0 saturated heterocycles. The van der Waals surface area contributed by atoms with Crippen molar-refractivity contribution in [3.8, 4) is 6.07 Å². The van der Waals surface area contributed by atoms with Gasteiger partial charge in [-0.05, 0) is 13.0 Å². The highest BCUT2D eigenvalue weighted by molar-refractivity contribution is 6.32. The summed E-state index contributed by atoms with van der Waals surface area (Å²) in [5, 5.41) is 9.07. The molecule has 0 aromatic heterocycles. The third kappa shape index (κ3) is 2.85. The molecule has 0 N–H and O–H groups in total. The van der Waals surface area contributed by atoms with Crippen LogP contribution in [0.15, 0.2) is 30.4 Å². The van der Waals surface area contributed by atoms with E-state index in [2.05, 4.69) is 6.58 Å². The Morgan fingerprint density at radius 1 is 1.62 bits per heavy atom. The van der Waals surface area contributed by atoms with Gasteiger partial charge in [-0.2, -0.15) is 5.26 Å². The van der Waals surface area contributed by atoms with Gasteiger partial charge in [0, 0.05) is 11.1 Å². The van der Waals surface area contributed by atoms with E-state index in [1.54, 1.807) is 25.1 Å². The molecule has 0 atom stereocenters. The van der Waals surface area contributed by atoms with Crippen LogP contribution in [0.3, 0.4) is 0 Å². The van der Waals surface area contributed by atoms with Crippen molar-refractivity contribution in [2.24, 2.45) is 0 Å². The maximum Gasteiger partial charge on any atom is 0.333 e. The highest BCUT2D eigenvalue weighted by Crippen LogP contribution is 2.21. The van der Waals surface area contributed by atoms with Gasteiger partial charge in [0.05, 0.1) is 10.6 Å². The minimum Gasteiger partial charge on any atom is -0.457 e. The fourth-order valence-electron chi connectivity index (χ4n) is 1.04. The largest absolute Gasteiger partial charge is 0.457 e. The summed E-state index contributed by atoms with van der Waals surface area (Å²) in [6, 6.07) is 6.95. The molecule has 0 amide bonds. The summed E-state index contributed by atoms with van der Waals surface area (Å²) in [5.74, 6) is -0.474. The molecule has 0 aliphatic carbocycles. The molecule has 16 heavy (non-hydrogen) atoms. The first kappa shape index (κ1) is 12.3. The lowest BCUT2D eigenvalue weighted by molar-refractivity contribution is -0.140. The quantitative estimate of drug-likeness (QED) is 0.598. The van der Waals surface area contributed by atoms with E-state index in [0.29, 0.717) is 21.7 Å². The van der Waals surface area contributed by atoms with E-state index in [1.807, 2.05) is 6.07 Å². The standard InChI is InChI=1S/C12H10ClNO2/c1-8(2)12(15)16-7-10-5-3-4-9(6-14)11(10)13/h3-5H,1,7H2,2H3. The summed E-state index contributed by atoms with van der Waals surface area (Å²) in [4.78, 5) is 11.2. The van der Waals surface area contributed by atoms with Gasteiger partial charge in [-0.3, -0.25) is 0 Å². The molecule has 0 aliphatic rings. The van der Waals surface area contributed by atoms with Crippen LogP contribution in [0.25, 0.3) is 0 Å². The van der Waals surface area contributed by atoms with Crippen molar-refractivity contribution in [2.75, 3.05) is 0 Å². The molecule has 82 valence electrons. The van der Waals surface area contributed by atoms with E-state index in [9.17, 15) is 4.79 Å². The van der Waals surface area contributed by atoms with Crippen LogP contribution in [0.4, 0.5) is 0 Å². The fraction of sp³-hybridized carbons (Fsp3) is 0.167. The average Bonchev–Trinajstić information content (AvgIpc) is 2.27. The Bertz CT molecular complexity index is 474. The lowest BCUT2D eigenvalue weighted by Crippen LogP contribution is -2.05. The van der Waals surface area contributed by atoms with E-state index >= 15 is 0 Å². The number of nitrogens with zero attached hydrogens (tertiary/aromatic N) is 1. The van der Waals surface area contributed by atoms with E-state index in [1.165, 1.54) is 0 Å². The Morgan fingerprint density at radius 2 is 2.31 bits per heavy atom. The first-order chi connectivity index (χ1) is 7.56. The van der Waals surface area contributed by atoms with Crippen molar-refractivity contribution in [3.05, 3.63) is 46.5 Å². The monoisotopic (exact) mass is 235 g/mol. The van der Waals surface area contributed by atoms with Gasteiger partial charge in [0.25, 0.3) is 0 Å². The van der Waals surface area contributed by atoms with Crippen LogP contribution in [0.5, 0.6) is 0 Å². The number of ether oxygens (including phenoxy) is 1. The third-order valence-corrected chi connectivity index (χ3v) is 2.35. The number of nitriles is 1. The Balaban J connectivity index is 2.80. The minimum atomic E-state index is -0.474. The highest BCUT2D eigenvalue weighted by atomic mass is 35.5. The fourth-order valence-corrected chi connectivity index (χ4v) is 1.27. The van der Waals surface area contributed by atoms with Crippen molar-refractivity contribution >= 4 is 17.6 Å². The molecule has 0 heterocycles. The van der Waals surface area contributed by atoms with Crippen LogP contribution in [0.1, 0.15) is 18.1 Å². The van der Waals surface area contributed by atoms with Gasteiger partial charge in [0.15, 0.2) is 0 Å². The number of hydrogen-bond donors (Lipinski definition) is 0. The molecule has 0 aliphatic heterocycles. The number of esters is 1. The topological polar surface area (TPSA) is 50.1 Å². The van der Waals surface area contributed by atoms with Gasteiger partial charge in [-0.1, -0.05) is 30.3 Å². The zero-order valence-electron chi connectivity index (χ0n) is 8.79. The van der Waals surface area contributed by atoms with E-state index in [-0.39, 0.29) is 6.61 Å². The summed E-state index contributed by atoms with van der Waals surface area (Å²) in [6.45, 7) is 5.07. The smallest absolute Gasteiger partial charge is 0.333 e. The summed E-state index contributed by atoms with van der Waals surface area (Å²) in [6.07, 6.45) is 0. The Kier molecular flexibility index (Phi) is 4.10. The van der Waals surface area contributed by atoms with Gasteiger partial charge in [0.2, 0.25) is 0 Å². The van der Waals surface area contributed by atoms with Crippen LogP contribution in [-0.4, -0.2) is 5.97 Å². The zero-order valence-corrected chi connectivity index (χ0v) is 9.54. The third-order valence-electron chi connectivity index (χ3n) is 1.91. The van der Waals surface area contributed by atoms with Crippen molar-refractivity contribution in [1.82, 2.24) is 0 Å². The van der Waals surface area contributed by atoms with E-state index in [0.717, 1.165) is 0 Å². The van der Waals surface area contributed by atoms with Gasteiger partial charge in [-0.25, -0.2) is 4.79 Å². The lowest BCUT2D eigenvalue weighted by atomic mass is 10.1. The molecular weight excluding hydrogens is 226 g/mol. The van der Waals surface area contributed by atoms with E-state index < -0.39 is 5.97 Å². The van der Waals surface area contributed by atoms with Crippen LogP contribution in [0.2, 0.25) is 5.02 Å². The maximum atomic E-state index is 11.2. The molecular formula is C12H10ClNO2. The number of carbonyl (C=O) groups is 1. The highest BCUT2D eigenvalue weighted by Gasteiger charge is 2.08. The zero-order chi connectivity index (χ0) is 12.1.